The molecule has 1 N–H and O–H groups in total. The van der Waals surface area contributed by atoms with Crippen LogP contribution in [-0.4, -0.2) is 43.5 Å². The fourth-order valence-corrected chi connectivity index (χ4v) is 5.74. The first-order valence-electron chi connectivity index (χ1n) is 7.29. The highest BCUT2D eigenvalue weighted by Gasteiger charge is 2.27. The number of carbonyl (C=O) groups excluding carboxylic acids is 2. The Balaban J connectivity index is 4.57. The van der Waals surface area contributed by atoms with Crippen molar-refractivity contribution in [2.45, 2.75) is 40.7 Å². The summed E-state index contributed by atoms with van der Waals surface area (Å²) in [6.07, 6.45) is 0. The van der Waals surface area contributed by atoms with Crippen molar-refractivity contribution in [3.05, 3.63) is 0 Å². The molecule has 0 radical (unpaired) electrons. The fraction of sp³-hybridized carbons (Fsp3) is 0.846. The molecule has 0 saturated carbocycles. The van der Waals surface area contributed by atoms with Crippen molar-refractivity contribution in [2.75, 3.05) is 25.6 Å². The van der Waals surface area contributed by atoms with Crippen molar-refractivity contribution in [1.29, 1.82) is 0 Å². The van der Waals surface area contributed by atoms with Crippen molar-refractivity contribution < 1.29 is 23.4 Å². The highest BCUT2D eigenvalue weighted by Crippen LogP contribution is 2.60. The first-order valence-corrected chi connectivity index (χ1v) is 11.5. The molecule has 6 nitrogen and oxygen atoms in total. The van der Waals surface area contributed by atoms with Crippen LogP contribution >= 0.6 is 17.1 Å². The summed E-state index contributed by atoms with van der Waals surface area (Å²) in [6, 6.07) is -0.662. The highest BCUT2D eigenvalue weighted by atomic mass is 32.9. The predicted molar refractivity (Wildman–Crippen MR) is 93.4 cm³/mol. The van der Waals surface area contributed by atoms with E-state index in [1.54, 1.807) is 6.92 Å². The number of ether oxygens (including phenoxy) is 1. The lowest BCUT2D eigenvalue weighted by molar-refractivity contribution is -0.148. The van der Waals surface area contributed by atoms with Crippen molar-refractivity contribution in [1.82, 2.24) is 5.32 Å². The molecule has 0 aliphatic rings. The molecule has 0 spiro atoms. The van der Waals surface area contributed by atoms with Gasteiger partial charge >= 0.3 is 5.97 Å². The van der Waals surface area contributed by atoms with E-state index >= 15 is 0 Å². The van der Waals surface area contributed by atoms with Crippen LogP contribution in [0.2, 0.25) is 0 Å². The summed E-state index contributed by atoms with van der Waals surface area (Å²) in [7, 11) is 0. The van der Waals surface area contributed by atoms with E-state index in [-0.39, 0.29) is 24.2 Å². The quantitative estimate of drug-likeness (QED) is 0.442. The lowest BCUT2D eigenvalue weighted by Gasteiger charge is -2.22. The number of rotatable bonds is 11. The van der Waals surface area contributed by atoms with Crippen molar-refractivity contribution >= 4 is 40.8 Å². The maximum Gasteiger partial charge on any atom is 0.328 e. The summed E-state index contributed by atoms with van der Waals surface area (Å²) in [5.41, 5.74) is -2.50. The number of esters is 1. The minimum atomic E-state index is -2.50. The minimum absolute atomic E-state index is 0.0603. The van der Waals surface area contributed by atoms with Gasteiger partial charge in [0.15, 0.2) is 0 Å². The van der Waals surface area contributed by atoms with E-state index in [0.717, 1.165) is 0 Å². The van der Waals surface area contributed by atoms with Gasteiger partial charge in [-0.3, -0.25) is 4.79 Å². The molecule has 130 valence electrons. The summed E-state index contributed by atoms with van der Waals surface area (Å²) in [5.74, 6) is -0.690. The first kappa shape index (κ1) is 21.9. The van der Waals surface area contributed by atoms with E-state index in [1.807, 2.05) is 27.7 Å². The third-order valence-electron chi connectivity index (χ3n) is 2.45. The Morgan fingerprint density at radius 3 is 2.09 bits per heavy atom. The van der Waals surface area contributed by atoms with Crippen LogP contribution in [0.5, 0.6) is 0 Å². The number of amides is 1. The topological polar surface area (TPSA) is 73.9 Å². The second kappa shape index (κ2) is 11.4. The van der Waals surface area contributed by atoms with Crippen LogP contribution in [-0.2, 0) is 35.2 Å². The molecule has 1 amide bonds. The second-order valence-electron chi connectivity index (χ2n) is 4.60. The zero-order valence-corrected chi connectivity index (χ0v) is 16.3. The molecule has 0 heterocycles. The van der Waals surface area contributed by atoms with E-state index in [9.17, 15) is 9.59 Å². The van der Waals surface area contributed by atoms with Gasteiger partial charge < -0.3 is 19.1 Å². The van der Waals surface area contributed by atoms with Crippen LogP contribution in [0.25, 0.3) is 0 Å². The van der Waals surface area contributed by atoms with Crippen LogP contribution < -0.4 is 5.32 Å². The van der Waals surface area contributed by atoms with E-state index < -0.39 is 17.7 Å². The molecular weight excluding hydrogens is 345 g/mol. The van der Waals surface area contributed by atoms with Gasteiger partial charge in [0.1, 0.15) is 6.04 Å². The Kier molecular flexibility index (Phi) is 11.3. The maximum absolute atomic E-state index is 12.0. The average Bonchev–Trinajstić information content (AvgIpc) is 2.43. The SMILES string of the molecule is CCOC(=O)[C@@H](NC(=O)CSP(=S)(OCC)OCC)C(C)C. The molecule has 0 aromatic carbocycles. The third kappa shape index (κ3) is 8.48. The summed E-state index contributed by atoms with van der Waals surface area (Å²) in [4.78, 5) is 23.9. The number of hydrogen-bond donors (Lipinski definition) is 1. The van der Waals surface area contributed by atoms with Crippen LogP contribution in [0, 0.1) is 5.92 Å². The van der Waals surface area contributed by atoms with Gasteiger partial charge in [0, 0.05) is 0 Å². The average molecular weight is 371 g/mol. The molecule has 0 rings (SSSR count). The van der Waals surface area contributed by atoms with Gasteiger partial charge in [-0.2, -0.15) is 0 Å². The fourth-order valence-electron chi connectivity index (χ4n) is 1.51. The third-order valence-corrected chi connectivity index (χ3v) is 7.86. The Labute approximate surface area is 141 Å². The Hall–Kier alpha value is -0.140. The van der Waals surface area contributed by atoms with Gasteiger partial charge in [-0.25, -0.2) is 4.79 Å². The minimum Gasteiger partial charge on any atom is -0.464 e. The van der Waals surface area contributed by atoms with E-state index in [0.29, 0.717) is 13.2 Å². The second-order valence-corrected chi connectivity index (χ2v) is 10.9. The van der Waals surface area contributed by atoms with Crippen LogP contribution in [0.4, 0.5) is 0 Å². The molecule has 0 aromatic heterocycles. The van der Waals surface area contributed by atoms with Crippen LogP contribution in [0.15, 0.2) is 0 Å². The Bertz CT molecular complexity index is 396. The van der Waals surface area contributed by atoms with E-state index in [2.05, 4.69) is 5.32 Å². The predicted octanol–water partition coefficient (Wildman–Crippen LogP) is 2.72. The van der Waals surface area contributed by atoms with Crippen LogP contribution in [0.1, 0.15) is 34.6 Å². The number of carbonyl (C=O) groups is 2. The lowest BCUT2D eigenvalue weighted by Crippen LogP contribution is -2.46. The molecule has 0 fully saturated rings. The smallest absolute Gasteiger partial charge is 0.328 e. The molecular formula is C13H26NO5PS2. The van der Waals surface area contributed by atoms with E-state index in [1.165, 1.54) is 11.4 Å². The summed E-state index contributed by atoms with van der Waals surface area (Å²) < 4.78 is 15.9. The first-order chi connectivity index (χ1) is 10.3. The maximum atomic E-state index is 12.0. The molecule has 0 bridgehead atoms. The highest BCUT2D eigenvalue weighted by molar-refractivity contribution is 8.68. The molecule has 9 heteroatoms. The molecule has 0 unspecified atom stereocenters. The zero-order chi connectivity index (χ0) is 17.2. The van der Waals surface area contributed by atoms with Crippen molar-refractivity contribution in [3.8, 4) is 0 Å². The summed E-state index contributed by atoms with van der Waals surface area (Å²) in [5, 5.41) is 2.68. The van der Waals surface area contributed by atoms with E-state index in [4.69, 9.17) is 25.6 Å². The molecule has 0 aliphatic heterocycles. The van der Waals surface area contributed by atoms with Crippen molar-refractivity contribution in [3.63, 3.8) is 0 Å². The normalized spacial score (nSPS) is 13.0. The molecule has 22 heavy (non-hydrogen) atoms. The Morgan fingerprint density at radius 1 is 1.14 bits per heavy atom. The summed E-state index contributed by atoms with van der Waals surface area (Å²) in [6.45, 7) is 10.2. The lowest BCUT2D eigenvalue weighted by atomic mass is 10.0. The molecule has 0 saturated heterocycles. The van der Waals surface area contributed by atoms with Gasteiger partial charge in [-0.05, 0) is 38.5 Å². The monoisotopic (exact) mass is 371 g/mol. The Morgan fingerprint density at radius 2 is 1.68 bits per heavy atom. The summed E-state index contributed by atoms with van der Waals surface area (Å²) >= 11 is 6.51. The van der Waals surface area contributed by atoms with Gasteiger partial charge in [0.25, 0.3) is 0 Å². The molecule has 0 aliphatic carbocycles. The van der Waals surface area contributed by atoms with Gasteiger partial charge in [0.05, 0.1) is 25.6 Å². The van der Waals surface area contributed by atoms with Crippen LogP contribution in [0.3, 0.4) is 0 Å². The zero-order valence-electron chi connectivity index (χ0n) is 13.8. The largest absolute Gasteiger partial charge is 0.464 e. The number of nitrogens with one attached hydrogen (secondary N) is 1. The van der Waals surface area contributed by atoms with Gasteiger partial charge in [-0.1, -0.05) is 25.2 Å². The number of hydrogen-bond acceptors (Lipinski definition) is 7. The van der Waals surface area contributed by atoms with Gasteiger partial charge in [-0.15, -0.1) is 0 Å². The van der Waals surface area contributed by atoms with Crippen molar-refractivity contribution in [2.24, 2.45) is 5.92 Å². The molecule has 1 atom stereocenters. The molecule has 0 aromatic rings. The van der Waals surface area contributed by atoms with Gasteiger partial charge in [0.2, 0.25) is 11.6 Å². The standard InChI is InChI=1S/C13H26NO5PS2/c1-6-17-13(16)12(10(4)5)14-11(15)9-22-20(21,18-7-2)19-8-3/h10,12H,6-9H2,1-5H3,(H,14,15)/t12-/m0/s1.